The summed E-state index contributed by atoms with van der Waals surface area (Å²) in [5, 5.41) is 9.02. The Labute approximate surface area is 154 Å². The lowest BCUT2D eigenvalue weighted by atomic mass is 9.95. The first kappa shape index (κ1) is 16.8. The lowest BCUT2D eigenvalue weighted by Gasteiger charge is -2.40. The highest BCUT2D eigenvalue weighted by Crippen LogP contribution is 2.25. The predicted octanol–water partition coefficient (Wildman–Crippen LogP) is 3.22. The van der Waals surface area contributed by atoms with Crippen LogP contribution in [0.2, 0.25) is 0 Å². The van der Waals surface area contributed by atoms with Gasteiger partial charge in [-0.3, -0.25) is 9.69 Å². The van der Waals surface area contributed by atoms with E-state index in [4.69, 9.17) is 5.26 Å². The molecule has 0 atom stereocenters. The molecule has 0 bridgehead atoms. The number of carbonyl (C=O) groups is 1. The maximum Gasteiger partial charge on any atom is 0.253 e. The van der Waals surface area contributed by atoms with E-state index in [-0.39, 0.29) is 5.91 Å². The highest BCUT2D eigenvalue weighted by atomic mass is 16.2. The van der Waals surface area contributed by atoms with Gasteiger partial charge in [-0.15, -0.1) is 0 Å². The van der Waals surface area contributed by atoms with E-state index in [0.717, 1.165) is 45.4 Å². The van der Waals surface area contributed by atoms with Gasteiger partial charge < -0.3 is 4.90 Å². The minimum atomic E-state index is 0.0459. The average Bonchev–Trinajstić information content (AvgIpc) is 2.73. The fourth-order valence-corrected chi connectivity index (χ4v) is 4.17. The molecule has 0 N–H and O–H groups in total. The van der Waals surface area contributed by atoms with Crippen molar-refractivity contribution in [1.82, 2.24) is 9.80 Å². The van der Waals surface area contributed by atoms with Gasteiger partial charge in [0.05, 0.1) is 11.6 Å². The van der Waals surface area contributed by atoms with Gasteiger partial charge in [-0.1, -0.05) is 30.3 Å². The summed E-state index contributed by atoms with van der Waals surface area (Å²) < 4.78 is 0. The van der Waals surface area contributed by atoms with E-state index >= 15 is 0 Å². The van der Waals surface area contributed by atoms with Crippen molar-refractivity contribution in [3.05, 3.63) is 70.8 Å². The third kappa shape index (κ3) is 3.36. The molecule has 0 aliphatic carbocycles. The van der Waals surface area contributed by atoms with Gasteiger partial charge in [-0.2, -0.15) is 5.26 Å². The van der Waals surface area contributed by atoms with Crippen LogP contribution in [0.25, 0.3) is 0 Å². The molecule has 1 amide bonds. The molecular formula is C22H23N3O. The van der Waals surface area contributed by atoms with Crippen LogP contribution >= 0.6 is 0 Å². The largest absolute Gasteiger partial charge is 0.339 e. The van der Waals surface area contributed by atoms with Crippen LogP contribution in [-0.2, 0) is 13.0 Å². The molecule has 0 spiro atoms. The Bertz CT molecular complexity index is 846. The van der Waals surface area contributed by atoms with Gasteiger partial charge in [-0.05, 0) is 48.6 Å². The molecule has 26 heavy (non-hydrogen) atoms. The van der Waals surface area contributed by atoms with Gasteiger partial charge >= 0.3 is 0 Å². The van der Waals surface area contributed by atoms with Crippen molar-refractivity contribution in [2.24, 2.45) is 0 Å². The Morgan fingerprint density at radius 1 is 1.00 bits per heavy atom. The average molecular weight is 345 g/mol. The van der Waals surface area contributed by atoms with Crippen LogP contribution in [0, 0.1) is 11.3 Å². The number of carbonyl (C=O) groups excluding carboxylic acids is 1. The van der Waals surface area contributed by atoms with Crippen LogP contribution < -0.4 is 0 Å². The molecule has 4 heteroatoms. The molecular weight excluding hydrogens is 322 g/mol. The van der Waals surface area contributed by atoms with Crippen molar-refractivity contribution in [1.29, 1.82) is 5.26 Å². The minimum Gasteiger partial charge on any atom is -0.339 e. The Hall–Kier alpha value is -2.64. The summed E-state index contributed by atoms with van der Waals surface area (Å²) in [4.78, 5) is 17.2. The molecule has 0 radical (unpaired) electrons. The van der Waals surface area contributed by atoms with Crippen LogP contribution in [-0.4, -0.2) is 41.4 Å². The van der Waals surface area contributed by atoms with Crippen molar-refractivity contribution in [3.8, 4) is 6.07 Å². The molecule has 4 rings (SSSR count). The molecule has 2 aliphatic rings. The molecule has 4 nitrogen and oxygen atoms in total. The number of likely N-dealkylation sites (tertiary alicyclic amines) is 1. The maximum atomic E-state index is 12.7. The molecule has 2 aromatic rings. The lowest BCUT2D eigenvalue weighted by Crippen LogP contribution is -2.48. The predicted molar refractivity (Wildman–Crippen MR) is 101 cm³/mol. The van der Waals surface area contributed by atoms with E-state index < -0.39 is 0 Å². The smallest absolute Gasteiger partial charge is 0.253 e. The molecule has 2 heterocycles. The topological polar surface area (TPSA) is 47.3 Å². The van der Waals surface area contributed by atoms with E-state index in [2.05, 4.69) is 35.2 Å². The number of rotatable bonds is 2. The molecule has 132 valence electrons. The summed E-state index contributed by atoms with van der Waals surface area (Å²) in [6.45, 7) is 3.72. The van der Waals surface area contributed by atoms with E-state index in [1.54, 1.807) is 24.3 Å². The number of nitriles is 1. The first-order valence-electron chi connectivity index (χ1n) is 9.35. The van der Waals surface area contributed by atoms with Crippen LogP contribution in [0.3, 0.4) is 0 Å². The van der Waals surface area contributed by atoms with E-state index in [1.807, 2.05) is 4.90 Å². The molecule has 2 aliphatic heterocycles. The second kappa shape index (κ2) is 7.31. The van der Waals surface area contributed by atoms with E-state index in [9.17, 15) is 4.79 Å². The molecule has 1 saturated heterocycles. The SMILES string of the molecule is N#Cc1cccc(C(=O)N2CCC(N3CCc4ccccc4C3)CC2)c1. The molecule has 0 aromatic heterocycles. The highest BCUT2D eigenvalue weighted by molar-refractivity contribution is 5.94. The Morgan fingerprint density at radius 3 is 2.54 bits per heavy atom. The van der Waals surface area contributed by atoms with Gasteiger partial charge in [0.1, 0.15) is 0 Å². The second-order valence-corrected chi connectivity index (χ2v) is 7.21. The number of hydrogen-bond donors (Lipinski definition) is 0. The minimum absolute atomic E-state index is 0.0459. The second-order valence-electron chi connectivity index (χ2n) is 7.21. The van der Waals surface area contributed by atoms with E-state index in [1.165, 1.54) is 11.1 Å². The van der Waals surface area contributed by atoms with Gasteiger partial charge in [0.25, 0.3) is 5.91 Å². The van der Waals surface area contributed by atoms with Crippen molar-refractivity contribution in [2.45, 2.75) is 31.8 Å². The third-order valence-electron chi connectivity index (χ3n) is 5.67. The zero-order valence-electron chi connectivity index (χ0n) is 14.9. The highest BCUT2D eigenvalue weighted by Gasteiger charge is 2.29. The van der Waals surface area contributed by atoms with Crippen LogP contribution in [0.4, 0.5) is 0 Å². The van der Waals surface area contributed by atoms with Crippen LogP contribution in [0.5, 0.6) is 0 Å². The van der Waals surface area contributed by atoms with E-state index in [0.29, 0.717) is 17.2 Å². The quantitative estimate of drug-likeness (QED) is 0.840. The Balaban J connectivity index is 1.37. The Morgan fingerprint density at radius 2 is 1.77 bits per heavy atom. The van der Waals surface area contributed by atoms with Crippen molar-refractivity contribution < 1.29 is 4.79 Å². The number of benzene rings is 2. The number of fused-ring (bicyclic) bond motifs is 1. The maximum absolute atomic E-state index is 12.7. The van der Waals surface area contributed by atoms with Gasteiger partial charge in [0, 0.05) is 37.8 Å². The Kier molecular flexibility index (Phi) is 4.73. The van der Waals surface area contributed by atoms with Crippen LogP contribution in [0.1, 0.15) is 39.9 Å². The normalized spacial score (nSPS) is 18.2. The summed E-state index contributed by atoms with van der Waals surface area (Å²) in [7, 11) is 0. The van der Waals surface area contributed by atoms with Crippen LogP contribution in [0.15, 0.2) is 48.5 Å². The summed E-state index contributed by atoms with van der Waals surface area (Å²) in [6, 6.07) is 18.4. The fraction of sp³-hybridized carbons (Fsp3) is 0.364. The van der Waals surface area contributed by atoms with Crippen molar-refractivity contribution in [3.63, 3.8) is 0 Å². The number of piperidine rings is 1. The van der Waals surface area contributed by atoms with Gasteiger partial charge in [-0.25, -0.2) is 0 Å². The first-order chi connectivity index (χ1) is 12.7. The summed E-state index contributed by atoms with van der Waals surface area (Å²) in [5.41, 5.74) is 4.09. The lowest BCUT2D eigenvalue weighted by molar-refractivity contribution is 0.0599. The molecule has 1 fully saturated rings. The fourth-order valence-electron chi connectivity index (χ4n) is 4.17. The first-order valence-corrected chi connectivity index (χ1v) is 9.35. The third-order valence-corrected chi connectivity index (χ3v) is 5.67. The zero-order valence-corrected chi connectivity index (χ0v) is 14.9. The summed E-state index contributed by atoms with van der Waals surface area (Å²) in [5.74, 6) is 0.0459. The van der Waals surface area contributed by atoms with Crippen molar-refractivity contribution in [2.75, 3.05) is 19.6 Å². The van der Waals surface area contributed by atoms with Gasteiger partial charge in [0.15, 0.2) is 0 Å². The van der Waals surface area contributed by atoms with Gasteiger partial charge in [0.2, 0.25) is 0 Å². The monoisotopic (exact) mass is 345 g/mol. The molecule has 2 aromatic carbocycles. The molecule has 0 saturated carbocycles. The van der Waals surface area contributed by atoms with Crippen molar-refractivity contribution >= 4 is 5.91 Å². The summed E-state index contributed by atoms with van der Waals surface area (Å²) >= 11 is 0. The number of hydrogen-bond acceptors (Lipinski definition) is 3. The summed E-state index contributed by atoms with van der Waals surface area (Å²) in [6.07, 6.45) is 3.16. The zero-order chi connectivity index (χ0) is 17.9. The number of nitrogens with zero attached hydrogens (tertiary/aromatic N) is 3. The molecule has 0 unspecified atom stereocenters. The number of amides is 1. The standard InChI is InChI=1S/C22H23N3O/c23-15-17-4-3-7-19(14-17)22(26)24-12-9-21(10-13-24)25-11-8-18-5-1-2-6-20(18)16-25/h1-7,14,21H,8-13,16H2.